The Morgan fingerprint density at radius 1 is 1.42 bits per heavy atom. The molecule has 0 saturated carbocycles. The first-order chi connectivity index (χ1) is 9.20. The van der Waals surface area contributed by atoms with E-state index in [1.807, 2.05) is 17.5 Å². The van der Waals surface area contributed by atoms with Gasteiger partial charge in [-0.05, 0) is 29.1 Å². The van der Waals surface area contributed by atoms with Crippen LogP contribution in [0.4, 0.5) is 5.69 Å². The standard InChI is InChI=1S/C14H12N2O2S/c15-7-6-13(17)16-11-4-1-3-10(9-11)14(18)12-5-2-8-19-12/h1-5,8-9,14,18H,6H2,(H,16,17). The Balaban J connectivity index is 2.15. The van der Waals surface area contributed by atoms with Crippen molar-refractivity contribution in [3.63, 3.8) is 0 Å². The molecule has 2 rings (SSSR count). The van der Waals surface area contributed by atoms with Gasteiger partial charge in [-0.25, -0.2) is 0 Å². The zero-order valence-corrected chi connectivity index (χ0v) is 10.9. The highest BCUT2D eigenvalue weighted by atomic mass is 32.1. The number of carbonyl (C=O) groups is 1. The lowest BCUT2D eigenvalue weighted by molar-refractivity contribution is -0.115. The van der Waals surface area contributed by atoms with Crippen LogP contribution in [0.15, 0.2) is 41.8 Å². The number of thiophene rings is 1. The van der Waals surface area contributed by atoms with Gasteiger partial charge in [-0.3, -0.25) is 4.79 Å². The van der Waals surface area contributed by atoms with Crippen LogP contribution in [0.25, 0.3) is 0 Å². The minimum atomic E-state index is -0.701. The van der Waals surface area contributed by atoms with Crippen LogP contribution in [0.3, 0.4) is 0 Å². The molecule has 1 aromatic carbocycles. The van der Waals surface area contributed by atoms with Crippen LogP contribution in [0, 0.1) is 11.3 Å². The molecule has 0 aliphatic heterocycles. The number of carbonyl (C=O) groups excluding carboxylic acids is 1. The fourth-order valence-electron chi connectivity index (χ4n) is 1.67. The summed E-state index contributed by atoms with van der Waals surface area (Å²) in [6.45, 7) is 0. The van der Waals surface area contributed by atoms with E-state index in [9.17, 15) is 9.90 Å². The van der Waals surface area contributed by atoms with E-state index in [2.05, 4.69) is 5.32 Å². The second-order valence-corrected chi connectivity index (χ2v) is 4.91. The third kappa shape index (κ3) is 3.41. The largest absolute Gasteiger partial charge is 0.383 e. The second-order valence-electron chi connectivity index (χ2n) is 3.93. The van der Waals surface area contributed by atoms with Gasteiger partial charge in [0.1, 0.15) is 12.5 Å². The van der Waals surface area contributed by atoms with E-state index in [1.165, 1.54) is 11.3 Å². The van der Waals surface area contributed by atoms with Crippen molar-refractivity contribution in [1.82, 2.24) is 0 Å². The van der Waals surface area contributed by atoms with Crippen molar-refractivity contribution in [2.24, 2.45) is 0 Å². The van der Waals surface area contributed by atoms with E-state index in [1.54, 1.807) is 30.3 Å². The normalized spacial score (nSPS) is 11.6. The topological polar surface area (TPSA) is 73.1 Å². The van der Waals surface area contributed by atoms with E-state index in [-0.39, 0.29) is 12.3 Å². The fourth-order valence-corrected chi connectivity index (χ4v) is 2.41. The fraction of sp³-hybridized carbons (Fsp3) is 0.143. The van der Waals surface area contributed by atoms with Crippen LogP contribution < -0.4 is 5.32 Å². The number of nitrogens with one attached hydrogen (secondary N) is 1. The lowest BCUT2D eigenvalue weighted by Crippen LogP contribution is -2.10. The van der Waals surface area contributed by atoms with Crippen LogP contribution in [0.5, 0.6) is 0 Å². The number of nitriles is 1. The molecule has 19 heavy (non-hydrogen) atoms. The molecule has 2 aromatic rings. The van der Waals surface area contributed by atoms with Gasteiger partial charge in [-0.1, -0.05) is 18.2 Å². The van der Waals surface area contributed by atoms with E-state index in [0.717, 1.165) is 4.88 Å². The number of nitrogens with zero attached hydrogens (tertiary/aromatic N) is 1. The zero-order chi connectivity index (χ0) is 13.7. The molecular weight excluding hydrogens is 260 g/mol. The lowest BCUT2D eigenvalue weighted by atomic mass is 10.1. The number of aliphatic hydroxyl groups excluding tert-OH is 1. The molecule has 1 atom stereocenters. The predicted octanol–water partition coefficient (Wildman–Crippen LogP) is 2.68. The highest BCUT2D eigenvalue weighted by molar-refractivity contribution is 7.10. The van der Waals surface area contributed by atoms with Gasteiger partial charge in [0.05, 0.1) is 6.07 Å². The SMILES string of the molecule is N#CCC(=O)Nc1cccc(C(O)c2cccs2)c1. The summed E-state index contributed by atoms with van der Waals surface area (Å²) in [6.07, 6.45) is -0.884. The first-order valence-corrected chi connectivity index (χ1v) is 6.57. The monoisotopic (exact) mass is 272 g/mol. The van der Waals surface area contributed by atoms with Crippen molar-refractivity contribution in [3.8, 4) is 6.07 Å². The third-order valence-corrected chi connectivity index (χ3v) is 3.46. The van der Waals surface area contributed by atoms with Crippen molar-refractivity contribution in [1.29, 1.82) is 5.26 Å². The molecule has 0 aliphatic carbocycles. The molecular formula is C14H12N2O2S. The van der Waals surface area contributed by atoms with Crippen LogP contribution in [-0.4, -0.2) is 11.0 Å². The van der Waals surface area contributed by atoms with Crippen molar-refractivity contribution in [2.75, 3.05) is 5.32 Å². The van der Waals surface area contributed by atoms with Crippen LogP contribution in [0.2, 0.25) is 0 Å². The third-order valence-electron chi connectivity index (χ3n) is 2.54. The molecule has 0 saturated heterocycles. The summed E-state index contributed by atoms with van der Waals surface area (Å²) in [5, 5.41) is 23.1. The molecule has 4 nitrogen and oxygen atoms in total. The molecule has 2 N–H and O–H groups in total. The summed E-state index contributed by atoms with van der Waals surface area (Å²) in [5.74, 6) is -0.356. The summed E-state index contributed by atoms with van der Waals surface area (Å²) in [5.41, 5.74) is 1.28. The first-order valence-electron chi connectivity index (χ1n) is 5.69. The maximum absolute atomic E-state index is 11.3. The van der Waals surface area contributed by atoms with E-state index in [4.69, 9.17) is 5.26 Å². The first kappa shape index (κ1) is 13.3. The summed E-state index contributed by atoms with van der Waals surface area (Å²) in [6, 6.07) is 12.5. The average molecular weight is 272 g/mol. The van der Waals surface area contributed by atoms with Crippen molar-refractivity contribution in [3.05, 3.63) is 52.2 Å². The molecule has 0 aliphatic rings. The maximum Gasteiger partial charge on any atom is 0.238 e. The number of amides is 1. The molecule has 0 radical (unpaired) electrons. The molecule has 96 valence electrons. The van der Waals surface area contributed by atoms with Gasteiger partial charge in [-0.15, -0.1) is 11.3 Å². The van der Waals surface area contributed by atoms with E-state index in [0.29, 0.717) is 11.3 Å². The van der Waals surface area contributed by atoms with Crippen molar-refractivity contribution < 1.29 is 9.90 Å². The van der Waals surface area contributed by atoms with Crippen LogP contribution in [0.1, 0.15) is 23.0 Å². The number of hydrogen-bond donors (Lipinski definition) is 2. The Labute approximate surface area is 114 Å². The molecule has 0 spiro atoms. The molecule has 5 heteroatoms. The van der Waals surface area contributed by atoms with E-state index >= 15 is 0 Å². The van der Waals surface area contributed by atoms with E-state index < -0.39 is 6.10 Å². The van der Waals surface area contributed by atoms with Gasteiger partial charge in [0, 0.05) is 10.6 Å². The molecule has 0 fully saturated rings. The maximum atomic E-state index is 11.3. The van der Waals surface area contributed by atoms with Gasteiger partial charge in [0.15, 0.2) is 0 Å². The molecule has 1 amide bonds. The number of anilines is 1. The Hall–Kier alpha value is -2.16. The number of rotatable bonds is 4. The van der Waals surface area contributed by atoms with Gasteiger partial charge < -0.3 is 10.4 Å². The highest BCUT2D eigenvalue weighted by Gasteiger charge is 2.12. The molecule has 1 aromatic heterocycles. The smallest absolute Gasteiger partial charge is 0.238 e. The summed E-state index contributed by atoms with van der Waals surface area (Å²) >= 11 is 1.47. The number of hydrogen-bond acceptors (Lipinski definition) is 4. The Morgan fingerprint density at radius 3 is 2.95 bits per heavy atom. The van der Waals surface area contributed by atoms with Crippen LogP contribution >= 0.6 is 11.3 Å². The van der Waals surface area contributed by atoms with Gasteiger partial charge in [0.2, 0.25) is 5.91 Å². The summed E-state index contributed by atoms with van der Waals surface area (Å²) < 4.78 is 0. The Morgan fingerprint density at radius 2 is 2.26 bits per heavy atom. The van der Waals surface area contributed by atoms with Gasteiger partial charge in [-0.2, -0.15) is 5.26 Å². The van der Waals surface area contributed by atoms with Crippen molar-refractivity contribution >= 4 is 22.9 Å². The van der Waals surface area contributed by atoms with Gasteiger partial charge in [0.25, 0.3) is 0 Å². The lowest BCUT2D eigenvalue weighted by Gasteiger charge is -2.11. The van der Waals surface area contributed by atoms with Crippen LogP contribution in [-0.2, 0) is 4.79 Å². The predicted molar refractivity (Wildman–Crippen MR) is 73.7 cm³/mol. The average Bonchev–Trinajstić information content (AvgIpc) is 2.92. The minimum absolute atomic E-state index is 0.183. The number of benzene rings is 1. The minimum Gasteiger partial charge on any atom is -0.383 e. The zero-order valence-electron chi connectivity index (χ0n) is 10.0. The van der Waals surface area contributed by atoms with Gasteiger partial charge >= 0.3 is 0 Å². The summed E-state index contributed by atoms with van der Waals surface area (Å²) in [4.78, 5) is 12.2. The Bertz CT molecular complexity index is 602. The number of aliphatic hydroxyl groups is 1. The van der Waals surface area contributed by atoms with Crippen molar-refractivity contribution in [2.45, 2.75) is 12.5 Å². The molecule has 0 bridgehead atoms. The second kappa shape index (κ2) is 6.14. The summed E-state index contributed by atoms with van der Waals surface area (Å²) in [7, 11) is 0. The highest BCUT2D eigenvalue weighted by Crippen LogP contribution is 2.27. The molecule has 1 heterocycles. The molecule has 1 unspecified atom stereocenters. The quantitative estimate of drug-likeness (QED) is 0.898. The Kier molecular flexibility index (Phi) is 4.29.